The molecule has 0 atom stereocenters. The number of nitrogens with one attached hydrogen (secondary N) is 1. The van der Waals surface area contributed by atoms with Crippen LogP contribution in [0.2, 0.25) is 0 Å². The maximum Gasteiger partial charge on any atom is 0.269 e. The molecule has 8 heteroatoms. The number of para-hydroxylation sites is 1. The fraction of sp³-hybridized carbons (Fsp3) is 0.238. The van der Waals surface area contributed by atoms with Crippen LogP contribution in [0.1, 0.15) is 35.8 Å². The van der Waals surface area contributed by atoms with Crippen LogP contribution in [0.25, 0.3) is 0 Å². The molecule has 2 aromatic carbocycles. The Labute approximate surface area is 172 Å². The smallest absolute Gasteiger partial charge is 0.269 e. The van der Waals surface area contributed by atoms with Crippen LogP contribution in [-0.2, 0) is 11.2 Å². The Hall–Kier alpha value is -3.26. The van der Waals surface area contributed by atoms with E-state index in [-0.39, 0.29) is 18.2 Å². The number of thiazole rings is 1. The largest absolute Gasteiger partial charge is 0.483 e. The van der Waals surface area contributed by atoms with Gasteiger partial charge in [-0.05, 0) is 23.1 Å². The highest BCUT2D eigenvalue weighted by Gasteiger charge is 2.12. The first-order valence-corrected chi connectivity index (χ1v) is 9.93. The number of nitro benzene ring substituents is 1. The number of benzene rings is 2. The lowest BCUT2D eigenvalue weighted by Gasteiger charge is -2.13. The van der Waals surface area contributed by atoms with Crippen LogP contribution in [0.3, 0.4) is 0 Å². The highest BCUT2D eigenvalue weighted by Crippen LogP contribution is 2.26. The van der Waals surface area contributed by atoms with Gasteiger partial charge in [-0.3, -0.25) is 20.2 Å². The number of ether oxygens (including phenoxy) is 1. The zero-order valence-electron chi connectivity index (χ0n) is 16.1. The summed E-state index contributed by atoms with van der Waals surface area (Å²) in [4.78, 5) is 27.8. The quantitative estimate of drug-likeness (QED) is 0.425. The Morgan fingerprint density at radius 3 is 2.79 bits per heavy atom. The molecule has 0 bridgehead atoms. The van der Waals surface area contributed by atoms with Gasteiger partial charge in [-0.25, -0.2) is 4.98 Å². The number of carbonyl (C=O) groups is 1. The van der Waals surface area contributed by atoms with E-state index in [1.165, 1.54) is 23.5 Å². The molecule has 29 heavy (non-hydrogen) atoms. The topological polar surface area (TPSA) is 94.4 Å². The van der Waals surface area contributed by atoms with Crippen molar-refractivity contribution in [1.29, 1.82) is 0 Å². The van der Waals surface area contributed by atoms with Gasteiger partial charge < -0.3 is 4.74 Å². The van der Waals surface area contributed by atoms with E-state index in [2.05, 4.69) is 24.1 Å². The zero-order chi connectivity index (χ0) is 20.8. The number of amides is 1. The van der Waals surface area contributed by atoms with E-state index < -0.39 is 4.92 Å². The zero-order valence-corrected chi connectivity index (χ0v) is 16.9. The van der Waals surface area contributed by atoms with E-state index in [4.69, 9.17) is 4.74 Å². The van der Waals surface area contributed by atoms with Gasteiger partial charge in [-0.15, -0.1) is 11.3 Å². The molecule has 0 saturated carbocycles. The van der Waals surface area contributed by atoms with E-state index >= 15 is 0 Å². The van der Waals surface area contributed by atoms with Gasteiger partial charge in [0.15, 0.2) is 11.7 Å². The van der Waals surface area contributed by atoms with E-state index in [0.717, 1.165) is 16.0 Å². The normalized spacial score (nSPS) is 10.7. The number of nitrogens with zero attached hydrogens (tertiary/aromatic N) is 2. The Bertz CT molecular complexity index is 1020. The summed E-state index contributed by atoms with van der Waals surface area (Å²) in [5, 5.41) is 14.1. The highest BCUT2D eigenvalue weighted by molar-refractivity contribution is 7.15. The first-order chi connectivity index (χ1) is 13.9. The highest BCUT2D eigenvalue weighted by atomic mass is 32.1. The second-order valence-corrected chi connectivity index (χ2v) is 7.88. The number of non-ortho nitro benzene ring substituents is 1. The average molecular weight is 411 g/mol. The summed E-state index contributed by atoms with van der Waals surface area (Å²) in [5.41, 5.74) is 1.92. The predicted octanol–water partition coefficient (Wildman–Crippen LogP) is 4.78. The molecule has 1 N–H and O–H groups in total. The minimum Gasteiger partial charge on any atom is -0.483 e. The van der Waals surface area contributed by atoms with Gasteiger partial charge in [0, 0.05) is 29.6 Å². The van der Waals surface area contributed by atoms with Crippen LogP contribution < -0.4 is 10.1 Å². The van der Waals surface area contributed by atoms with Crippen molar-refractivity contribution < 1.29 is 14.5 Å². The molecular formula is C21H21N3O4S. The van der Waals surface area contributed by atoms with Crippen molar-refractivity contribution in [2.24, 2.45) is 0 Å². The average Bonchev–Trinajstić information content (AvgIpc) is 3.13. The summed E-state index contributed by atoms with van der Waals surface area (Å²) >= 11 is 1.33. The molecule has 0 aliphatic carbocycles. The van der Waals surface area contributed by atoms with Gasteiger partial charge in [0.1, 0.15) is 5.75 Å². The van der Waals surface area contributed by atoms with Gasteiger partial charge in [-0.2, -0.15) is 0 Å². The predicted molar refractivity (Wildman–Crippen MR) is 113 cm³/mol. The van der Waals surface area contributed by atoms with Crippen LogP contribution in [-0.4, -0.2) is 22.4 Å². The van der Waals surface area contributed by atoms with Gasteiger partial charge in [0.25, 0.3) is 11.6 Å². The SMILES string of the molecule is CC(C)c1ccccc1OCC(=O)Nc1ncc(Cc2cccc([N+](=O)[O-])c2)s1. The first kappa shape index (κ1) is 20.5. The fourth-order valence-electron chi connectivity index (χ4n) is 2.82. The van der Waals surface area contributed by atoms with E-state index in [0.29, 0.717) is 23.2 Å². The third-order valence-corrected chi connectivity index (χ3v) is 5.11. The maximum absolute atomic E-state index is 12.2. The monoisotopic (exact) mass is 411 g/mol. The van der Waals surface area contributed by atoms with Crippen molar-refractivity contribution in [2.75, 3.05) is 11.9 Å². The molecule has 0 radical (unpaired) electrons. The molecule has 150 valence electrons. The van der Waals surface area contributed by atoms with E-state index in [1.807, 2.05) is 30.3 Å². The molecule has 1 amide bonds. The molecular weight excluding hydrogens is 390 g/mol. The lowest BCUT2D eigenvalue weighted by atomic mass is 10.0. The van der Waals surface area contributed by atoms with Crippen molar-refractivity contribution in [3.63, 3.8) is 0 Å². The number of anilines is 1. The summed E-state index contributed by atoms with van der Waals surface area (Å²) in [5.74, 6) is 0.701. The van der Waals surface area contributed by atoms with Crippen LogP contribution in [0.15, 0.2) is 54.7 Å². The van der Waals surface area contributed by atoms with Gasteiger partial charge in [0.2, 0.25) is 0 Å². The second kappa shape index (κ2) is 9.29. The molecule has 0 aliphatic rings. The Kier molecular flexibility index (Phi) is 6.56. The minimum absolute atomic E-state index is 0.0550. The molecule has 0 fully saturated rings. The van der Waals surface area contributed by atoms with Crippen LogP contribution in [0.5, 0.6) is 5.75 Å². The van der Waals surface area contributed by atoms with E-state index in [9.17, 15) is 14.9 Å². The summed E-state index contributed by atoms with van der Waals surface area (Å²) in [6.07, 6.45) is 2.17. The molecule has 0 aliphatic heterocycles. The van der Waals surface area contributed by atoms with Crippen molar-refractivity contribution in [3.05, 3.63) is 80.8 Å². The van der Waals surface area contributed by atoms with Crippen molar-refractivity contribution >= 4 is 28.1 Å². The molecule has 0 spiro atoms. The van der Waals surface area contributed by atoms with Gasteiger partial charge in [0.05, 0.1) is 4.92 Å². The number of carbonyl (C=O) groups excluding carboxylic acids is 1. The Balaban J connectivity index is 1.57. The number of hydrogen-bond donors (Lipinski definition) is 1. The summed E-state index contributed by atoms with van der Waals surface area (Å²) < 4.78 is 5.67. The minimum atomic E-state index is -0.417. The summed E-state index contributed by atoms with van der Waals surface area (Å²) in [6.45, 7) is 4.03. The van der Waals surface area contributed by atoms with Crippen molar-refractivity contribution in [1.82, 2.24) is 4.98 Å². The third kappa shape index (κ3) is 5.61. The number of nitro groups is 1. The molecule has 3 aromatic rings. The Morgan fingerprint density at radius 2 is 2.03 bits per heavy atom. The molecule has 3 rings (SSSR count). The standard InChI is InChI=1S/C21H21N3O4S/c1-14(2)18-8-3-4-9-19(18)28-13-20(25)23-21-22-12-17(29-21)11-15-6-5-7-16(10-15)24(26)27/h3-10,12,14H,11,13H2,1-2H3,(H,22,23,25). The summed E-state index contributed by atoms with van der Waals surface area (Å²) in [6, 6.07) is 14.1. The van der Waals surface area contributed by atoms with Crippen LogP contribution >= 0.6 is 11.3 Å². The number of rotatable bonds is 8. The lowest BCUT2D eigenvalue weighted by Crippen LogP contribution is -2.20. The van der Waals surface area contributed by atoms with Crippen molar-refractivity contribution in [3.8, 4) is 5.75 Å². The number of hydrogen-bond acceptors (Lipinski definition) is 6. The molecule has 1 heterocycles. The van der Waals surface area contributed by atoms with Gasteiger partial charge >= 0.3 is 0 Å². The third-order valence-electron chi connectivity index (χ3n) is 4.20. The fourth-order valence-corrected chi connectivity index (χ4v) is 3.68. The molecule has 7 nitrogen and oxygen atoms in total. The van der Waals surface area contributed by atoms with Crippen molar-refractivity contribution in [2.45, 2.75) is 26.2 Å². The van der Waals surface area contributed by atoms with Crippen LogP contribution in [0.4, 0.5) is 10.8 Å². The second-order valence-electron chi connectivity index (χ2n) is 6.76. The lowest BCUT2D eigenvalue weighted by molar-refractivity contribution is -0.384. The molecule has 0 saturated heterocycles. The maximum atomic E-state index is 12.2. The summed E-state index contributed by atoms with van der Waals surface area (Å²) in [7, 11) is 0. The van der Waals surface area contributed by atoms with Crippen LogP contribution in [0, 0.1) is 10.1 Å². The Morgan fingerprint density at radius 1 is 1.24 bits per heavy atom. The number of aromatic nitrogens is 1. The first-order valence-electron chi connectivity index (χ1n) is 9.12. The molecule has 0 unspecified atom stereocenters. The van der Waals surface area contributed by atoms with Gasteiger partial charge in [-0.1, -0.05) is 44.2 Å². The van der Waals surface area contributed by atoms with E-state index in [1.54, 1.807) is 12.3 Å². The molecule has 1 aromatic heterocycles.